The molecule has 0 aliphatic rings. The molecule has 0 rings (SSSR count). The van der Waals surface area contributed by atoms with Crippen molar-refractivity contribution in [3.8, 4) is 0 Å². The third kappa shape index (κ3) is 2.60. The SMILES string of the molecule is CC[N+](C)(N)CC. The summed E-state index contributed by atoms with van der Waals surface area (Å²) < 4.78 is 0.639. The summed E-state index contributed by atoms with van der Waals surface area (Å²) >= 11 is 0. The van der Waals surface area contributed by atoms with Crippen molar-refractivity contribution in [1.29, 1.82) is 0 Å². The second kappa shape index (κ2) is 2.28. The summed E-state index contributed by atoms with van der Waals surface area (Å²) in [6.45, 7) is 6.19. The van der Waals surface area contributed by atoms with Crippen LogP contribution in [0.5, 0.6) is 0 Å². The van der Waals surface area contributed by atoms with Crippen molar-refractivity contribution in [1.82, 2.24) is 0 Å². The Bertz CT molecular complexity index is 44.0. The highest BCUT2D eigenvalue weighted by molar-refractivity contribution is 4.14. The Morgan fingerprint density at radius 3 is 1.57 bits per heavy atom. The Kier molecular flexibility index (Phi) is 2.26. The van der Waals surface area contributed by atoms with Crippen LogP contribution in [0.4, 0.5) is 0 Å². The summed E-state index contributed by atoms with van der Waals surface area (Å²) in [7, 11) is 2.01. The lowest BCUT2D eigenvalue weighted by molar-refractivity contribution is -0.918. The molecular formula is C5H15N2+. The van der Waals surface area contributed by atoms with E-state index in [1.807, 2.05) is 7.05 Å². The molecule has 2 N–H and O–H groups in total. The van der Waals surface area contributed by atoms with E-state index in [9.17, 15) is 0 Å². The van der Waals surface area contributed by atoms with Crippen LogP contribution in [0, 0.1) is 0 Å². The van der Waals surface area contributed by atoms with E-state index >= 15 is 0 Å². The smallest absolute Gasteiger partial charge is 0.0929 e. The fraction of sp³-hybridized carbons (Fsp3) is 1.00. The Labute approximate surface area is 45.5 Å². The van der Waals surface area contributed by atoms with Crippen LogP contribution in [0.1, 0.15) is 13.8 Å². The highest BCUT2D eigenvalue weighted by Crippen LogP contribution is 1.86. The minimum absolute atomic E-state index is 0.639. The van der Waals surface area contributed by atoms with E-state index < -0.39 is 0 Å². The quantitative estimate of drug-likeness (QED) is 0.304. The topological polar surface area (TPSA) is 26.0 Å². The summed E-state index contributed by atoms with van der Waals surface area (Å²) in [5, 5.41) is 0. The minimum Gasteiger partial charge on any atom is -0.251 e. The first-order valence-corrected chi connectivity index (χ1v) is 2.75. The fourth-order valence-corrected chi connectivity index (χ4v) is 0.224. The molecule has 2 nitrogen and oxygen atoms in total. The molecule has 0 aromatic rings. The van der Waals surface area contributed by atoms with E-state index in [1.54, 1.807) is 0 Å². The van der Waals surface area contributed by atoms with Crippen LogP contribution in [0.25, 0.3) is 0 Å². The molecule has 0 saturated heterocycles. The lowest BCUT2D eigenvalue weighted by atomic mass is 10.5. The summed E-state index contributed by atoms with van der Waals surface area (Å²) in [5.74, 6) is 5.65. The lowest BCUT2D eigenvalue weighted by Crippen LogP contribution is -2.50. The van der Waals surface area contributed by atoms with Gasteiger partial charge in [0.25, 0.3) is 0 Å². The van der Waals surface area contributed by atoms with E-state index in [0.717, 1.165) is 13.1 Å². The summed E-state index contributed by atoms with van der Waals surface area (Å²) in [6, 6.07) is 0. The molecule has 0 spiro atoms. The average Bonchev–Trinajstić information content (AvgIpc) is 1.68. The molecule has 0 aliphatic heterocycles. The molecule has 0 bridgehead atoms. The van der Waals surface area contributed by atoms with E-state index in [4.69, 9.17) is 5.84 Å². The third-order valence-corrected chi connectivity index (χ3v) is 1.44. The Hall–Kier alpha value is -0.0800. The summed E-state index contributed by atoms with van der Waals surface area (Å²) in [6.07, 6.45) is 0. The first kappa shape index (κ1) is 6.92. The molecule has 7 heavy (non-hydrogen) atoms. The first-order chi connectivity index (χ1) is 3.12. The minimum atomic E-state index is 0.639. The molecule has 44 valence electrons. The monoisotopic (exact) mass is 103 g/mol. The number of hydrogen-bond acceptors (Lipinski definition) is 1. The van der Waals surface area contributed by atoms with Crippen LogP contribution in [0.3, 0.4) is 0 Å². The second-order valence-electron chi connectivity index (χ2n) is 2.11. The van der Waals surface area contributed by atoms with E-state index in [0.29, 0.717) is 4.59 Å². The van der Waals surface area contributed by atoms with Crippen LogP contribution in [0.2, 0.25) is 0 Å². The van der Waals surface area contributed by atoms with Crippen molar-refractivity contribution in [2.24, 2.45) is 5.84 Å². The molecule has 0 unspecified atom stereocenters. The zero-order valence-electron chi connectivity index (χ0n) is 5.44. The number of nitrogens with zero attached hydrogens (tertiary/aromatic N) is 1. The maximum atomic E-state index is 5.65. The zero-order chi connectivity index (χ0) is 5.91. The maximum Gasteiger partial charge on any atom is 0.0929 e. The van der Waals surface area contributed by atoms with Crippen LogP contribution in [-0.4, -0.2) is 24.7 Å². The molecule has 0 amide bonds. The van der Waals surface area contributed by atoms with Crippen LogP contribution >= 0.6 is 0 Å². The van der Waals surface area contributed by atoms with Crippen LogP contribution < -0.4 is 5.84 Å². The van der Waals surface area contributed by atoms with Gasteiger partial charge in [-0.05, 0) is 13.8 Å². The van der Waals surface area contributed by atoms with Gasteiger partial charge in [0.1, 0.15) is 0 Å². The molecule has 0 radical (unpaired) electrons. The van der Waals surface area contributed by atoms with Gasteiger partial charge in [-0.1, -0.05) is 0 Å². The Morgan fingerprint density at radius 1 is 1.29 bits per heavy atom. The fourth-order valence-electron chi connectivity index (χ4n) is 0.224. The van der Waals surface area contributed by atoms with Gasteiger partial charge in [-0.25, -0.2) is 0 Å². The van der Waals surface area contributed by atoms with Gasteiger partial charge < -0.3 is 0 Å². The Morgan fingerprint density at radius 2 is 1.57 bits per heavy atom. The average molecular weight is 103 g/mol. The molecule has 0 aliphatic carbocycles. The lowest BCUT2D eigenvalue weighted by Gasteiger charge is -2.23. The molecule has 0 aromatic heterocycles. The highest BCUT2D eigenvalue weighted by Gasteiger charge is 2.06. The van der Waals surface area contributed by atoms with Gasteiger partial charge in [0.05, 0.1) is 20.1 Å². The zero-order valence-corrected chi connectivity index (χ0v) is 5.44. The van der Waals surface area contributed by atoms with Gasteiger partial charge in [-0.3, -0.25) is 4.59 Å². The van der Waals surface area contributed by atoms with Crippen molar-refractivity contribution in [3.05, 3.63) is 0 Å². The number of quaternary nitrogens is 1. The van der Waals surface area contributed by atoms with Crippen molar-refractivity contribution in [2.75, 3.05) is 20.1 Å². The normalized spacial score (nSPS) is 12.0. The molecule has 0 saturated carbocycles. The third-order valence-electron chi connectivity index (χ3n) is 1.44. The van der Waals surface area contributed by atoms with Gasteiger partial charge in [-0.15, -0.1) is 0 Å². The van der Waals surface area contributed by atoms with Gasteiger partial charge in [0.15, 0.2) is 0 Å². The predicted molar refractivity (Wildman–Crippen MR) is 31.5 cm³/mol. The first-order valence-electron chi connectivity index (χ1n) is 2.75. The predicted octanol–water partition coefficient (Wildman–Crippen LogP) is 0.347. The van der Waals surface area contributed by atoms with Crippen molar-refractivity contribution >= 4 is 0 Å². The largest absolute Gasteiger partial charge is 0.251 e. The molecule has 0 fully saturated rings. The van der Waals surface area contributed by atoms with E-state index in [2.05, 4.69) is 13.8 Å². The second-order valence-corrected chi connectivity index (χ2v) is 2.11. The molecular weight excluding hydrogens is 88.1 g/mol. The van der Waals surface area contributed by atoms with E-state index in [-0.39, 0.29) is 0 Å². The standard InChI is InChI=1S/C5H15N2/c1-4-7(3,6)5-2/h4-6H2,1-3H3/q+1. The van der Waals surface area contributed by atoms with Gasteiger partial charge in [-0.2, -0.15) is 5.84 Å². The van der Waals surface area contributed by atoms with Gasteiger partial charge in [0, 0.05) is 0 Å². The summed E-state index contributed by atoms with van der Waals surface area (Å²) in [5.41, 5.74) is 0. The van der Waals surface area contributed by atoms with Crippen LogP contribution in [-0.2, 0) is 0 Å². The van der Waals surface area contributed by atoms with Crippen molar-refractivity contribution < 1.29 is 4.59 Å². The van der Waals surface area contributed by atoms with Crippen molar-refractivity contribution in [3.63, 3.8) is 0 Å². The summed E-state index contributed by atoms with van der Waals surface area (Å²) in [4.78, 5) is 0. The van der Waals surface area contributed by atoms with Gasteiger partial charge in [0.2, 0.25) is 0 Å². The molecule has 0 atom stereocenters. The van der Waals surface area contributed by atoms with Crippen LogP contribution in [0.15, 0.2) is 0 Å². The number of hydrogen-bond donors (Lipinski definition) is 1. The number of nitrogens with two attached hydrogens (primary N) is 1. The van der Waals surface area contributed by atoms with E-state index in [1.165, 1.54) is 0 Å². The number of rotatable bonds is 2. The Balaban J connectivity index is 3.36. The maximum absolute atomic E-state index is 5.65. The molecule has 2 heteroatoms. The molecule has 0 heterocycles. The van der Waals surface area contributed by atoms with Gasteiger partial charge >= 0.3 is 0 Å². The van der Waals surface area contributed by atoms with Crippen molar-refractivity contribution in [2.45, 2.75) is 13.8 Å². The highest BCUT2D eigenvalue weighted by atomic mass is 15.6. The molecule has 0 aromatic carbocycles.